The molecule has 2 rings (SSSR count). The van der Waals surface area contributed by atoms with Gasteiger partial charge in [-0.2, -0.15) is 0 Å². The maximum absolute atomic E-state index is 12.0. The van der Waals surface area contributed by atoms with Crippen molar-refractivity contribution in [3.63, 3.8) is 0 Å². The minimum absolute atomic E-state index is 0.0375. The van der Waals surface area contributed by atoms with Gasteiger partial charge in [0.25, 0.3) is 0 Å². The molecule has 2 atom stereocenters. The molecule has 0 saturated heterocycles. The Bertz CT molecular complexity index is 345. The molecule has 1 aliphatic rings. The Hall–Kier alpha value is -0.670. The predicted molar refractivity (Wildman–Crippen MR) is 58.7 cm³/mol. The van der Waals surface area contributed by atoms with Gasteiger partial charge in [-0.3, -0.25) is 4.79 Å². The van der Waals surface area contributed by atoms with Crippen LogP contribution in [0.15, 0.2) is 11.4 Å². The fraction of sp³-hybridized carbons (Fsp3) is 0.545. The molecule has 0 amide bonds. The molecule has 2 nitrogen and oxygen atoms in total. The van der Waals surface area contributed by atoms with Crippen molar-refractivity contribution in [3.8, 4) is 0 Å². The molecule has 76 valence electrons. The highest BCUT2D eigenvalue weighted by atomic mass is 32.1. The van der Waals surface area contributed by atoms with E-state index in [0.29, 0.717) is 0 Å². The summed E-state index contributed by atoms with van der Waals surface area (Å²) in [4.78, 5) is 13.2. The van der Waals surface area contributed by atoms with Crippen LogP contribution in [0.2, 0.25) is 0 Å². The highest BCUT2D eigenvalue weighted by molar-refractivity contribution is 7.10. The summed E-state index contributed by atoms with van der Waals surface area (Å²) in [7, 11) is 0. The highest BCUT2D eigenvalue weighted by Gasteiger charge is 2.31. The first-order valence-electron chi connectivity index (χ1n) is 5.10. The monoisotopic (exact) mass is 209 g/mol. The zero-order chi connectivity index (χ0) is 10.1. The fourth-order valence-corrected chi connectivity index (χ4v) is 2.96. The van der Waals surface area contributed by atoms with E-state index in [1.807, 2.05) is 18.4 Å². The summed E-state index contributed by atoms with van der Waals surface area (Å²) >= 11 is 1.69. The normalized spacial score (nSPS) is 23.3. The molecule has 14 heavy (non-hydrogen) atoms. The van der Waals surface area contributed by atoms with Crippen molar-refractivity contribution in [2.75, 3.05) is 0 Å². The zero-order valence-electron chi connectivity index (χ0n) is 8.32. The summed E-state index contributed by atoms with van der Waals surface area (Å²) in [6, 6.07) is 1.98. The van der Waals surface area contributed by atoms with Gasteiger partial charge in [-0.15, -0.1) is 11.3 Å². The van der Waals surface area contributed by atoms with Gasteiger partial charge in [-0.25, -0.2) is 0 Å². The summed E-state index contributed by atoms with van der Waals surface area (Å²) in [6.45, 7) is 2.04. The van der Waals surface area contributed by atoms with Crippen LogP contribution in [0.3, 0.4) is 0 Å². The number of rotatable bonds is 2. The van der Waals surface area contributed by atoms with Gasteiger partial charge in [0, 0.05) is 22.4 Å². The van der Waals surface area contributed by atoms with Gasteiger partial charge in [-0.1, -0.05) is 6.92 Å². The van der Waals surface area contributed by atoms with Gasteiger partial charge in [0.2, 0.25) is 0 Å². The molecule has 0 aliphatic heterocycles. The summed E-state index contributed by atoms with van der Waals surface area (Å²) in [5, 5.41) is 2.00. The number of hydrogen-bond acceptors (Lipinski definition) is 3. The van der Waals surface area contributed by atoms with Gasteiger partial charge in [0.05, 0.1) is 0 Å². The quantitative estimate of drug-likeness (QED) is 0.811. The Kier molecular flexibility index (Phi) is 2.70. The average molecular weight is 209 g/mol. The smallest absolute Gasteiger partial charge is 0.168 e. The van der Waals surface area contributed by atoms with E-state index in [1.54, 1.807) is 11.3 Å². The summed E-state index contributed by atoms with van der Waals surface area (Å²) in [6.07, 6.45) is 2.84. The molecular weight excluding hydrogens is 194 g/mol. The molecule has 0 radical (unpaired) electrons. The SMILES string of the molecule is CCC(N)C1CCc2sccc2C1=O. The maximum Gasteiger partial charge on any atom is 0.168 e. The lowest BCUT2D eigenvalue weighted by Crippen LogP contribution is -2.37. The Morgan fingerprint density at radius 2 is 2.50 bits per heavy atom. The fourth-order valence-electron chi connectivity index (χ4n) is 2.06. The van der Waals surface area contributed by atoms with E-state index < -0.39 is 0 Å². The first-order chi connectivity index (χ1) is 6.74. The summed E-state index contributed by atoms with van der Waals surface area (Å²) in [5.41, 5.74) is 6.87. The Morgan fingerprint density at radius 1 is 1.71 bits per heavy atom. The number of aryl methyl sites for hydroxylation is 1. The van der Waals surface area contributed by atoms with Crippen LogP contribution < -0.4 is 5.73 Å². The minimum atomic E-state index is 0.0375. The molecule has 3 heteroatoms. The molecule has 1 aromatic rings. The third-order valence-corrected chi connectivity index (χ3v) is 4.00. The van der Waals surface area contributed by atoms with Crippen molar-refractivity contribution in [2.45, 2.75) is 32.2 Å². The molecule has 1 aromatic heterocycles. The van der Waals surface area contributed by atoms with E-state index >= 15 is 0 Å². The molecule has 2 N–H and O–H groups in total. The van der Waals surface area contributed by atoms with Crippen molar-refractivity contribution in [2.24, 2.45) is 11.7 Å². The van der Waals surface area contributed by atoms with Gasteiger partial charge < -0.3 is 5.73 Å². The van der Waals surface area contributed by atoms with Gasteiger partial charge >= 0.3 is 0 Å². The average Bonchev–Trinajstić information content (AvgIpc) is 2.66. The van der Waals surface area contributed by atoms with E-state index in [2.05, 4.69) is 0 Å². The molecule has 0 spiro atoms. The molecule has 0 bridgehead atoms. The summed E-state index contributed by atoms with van der Waals surface area (Å²) < 4.78 is 0. The first kappa shape index (κ1) is 9.87. The molecule has 0 saturated carbocycles. The second kappa shape index (κ2) is 3.83. The van der Waals surface area contributed by atoms with Crippen LogP contribution in [0, 0.1) is 5.92 Å². The number of thiophene rings is 1. The standard InChI is InChI=1S/C11H15NOS/c1-2-9(12)7-3-4-10-8(11(7)13)5-6-14-10/h5-7,9H,2-4,12H2,1H3. The predicted octanol–water partition coefficient (Wildman–Crippen LogP) is 2.23. The van der Waals surface area contributed by atoms with Crippen LogP contribution in [0.5, 0.6) is 0 Å². The number of Topliss-reactive ketones (excluding diaryl/α,β-unsaturated/α-hetero) is 1. The molecule has 1 aliphatic carbocycles. The van der Waals surface area contributed by atoms with Gasteiger partial charge in [-0.05, 0) is 30.7 Å². The van der Waals surface area contributed by atoms with E-state index in [-0.39, 0.29) is 17.7 Å². The minimum Gasteiger partial charge on any atom is -0.327 e. The lowest BCUT2D eigenvalue weighted by Gasteiger charge is -2.25. The van der Waals surface area contributed by atoms with Crippen molar-refractivity contribution >= 4 is 17.1 Å². The molecule has 0 fully saturated rings. The van der Waals surface area contributed by atoms with Gasteiger partial charge in [0.15, 0.2) is 5.78 Å². The molecule has 0 aromatic carbocycles. The van der Waals surface area contributed by atoms with Crippen molar-refractivity contribution in [1.29, 1.82) is 0 Å². The molecule has 1 heterocycles. The van der Waals surface area contributed by atoms with E-state index in [9.17, 15) is 4.79 Å². The summed E-state index contributed by atoms with van der Waals surface area (Å²) in [5.74, 6) is 0.323. The molecular formula is C11H15NOS. The third-order valence-electron chi connectivity index (χ3n) is 3.02. The Morgan fingerprint density at radius 3 is 3.21 bits per heavy atom. The lowest BCUT2D eigenvalue weighted by atomic mass is 9.82. The zero-order valence-corrected chi connectivity index (χ0v) is 9.14. The van der Waals surface area contributed by atoms with Crippen molar-refractivity contribution < 1.29 is 4.79 Å². The number of carbonyl (C=O) groups excluding carboxylic acids is 1. The van der Waals surface area contributed by atoms with Crippen LogP contribution in [0.25, 0.3) is 0 Å². The topological polar surface area (TPSA) is 43.1 Å². The van der Waals surface area contributed by atoms with Crippen LogP contribution in [-0.2, 0) is 6.42 Å². The number of hydrogen-bond donors (Lipinski definition) is 1. The highest BCUT2D eigenvalue weighted by Crippen LogP contribution is 2.31. The first-order valence-corrected chi connectivity index (χ1v) is 5.98. The second-order valence-corrected chi connectivity index (χ2v) is 4.84. The van der Waals surface area contributed by atoms with Crippen molar-refractivity contribution in [3.05, 3.63) is 21.9 Å². The van der Waals surface area contributed by atoms with Crippen LogP contribution >= 0.6 is 11.3 Å². The Labute approximate surface area is 88.1 Å². The lowest BCUT2D eigenvalue weighted by molar-refractivity contribution is 0.0881. The number of fused-ring (bicyclic) bond motifs is 1. The number of carbonyl (C=O) groups is 1. The van der Waals surface area contributed by atoms with Crippen LogP contribution in [0.4, 0.5) is 0 Å². The Balaban J connectivity index is 2.25. The number of ketones is 1. The number of nitrogens with two attached hydrogens (primary N) is 1. The van der Waals surface area contributed by atoms with Crippen LogP contribution in [0.1, 0.15) is 35.0 Å². The van der Waals surface area contributed by atoms with Gasteiger partial charge in [0.1, 0.15) is 0 Å². The van der Waals surface area contributed by atoms with Crippen LogP contribution in [-0.4, -0.2) is 11.8 Å². The second-order valence-electron chi connectivity index (χ2n) is 3.84. The van der Waals surface area contributed by atoms with E-state index in [1.165, 1.54) is 4.88 Å². The largest absolute Gasteiger partial charge is 0.327 e. The van der Waals surface area contributed by atoms with Crippen molar-refractivity contribution in [1.82, 2.24) is 0 Å². The molecule has 2 unspecified atom stereocenters. The maximum atomic E-state index is 12.0. The van der Waals surface area contributed by atoms with E-state index in [4.69, 9.17) is 5.73 Å². The van der Waals surface area contributed by atoms with E-state index in [0.717, 1.165) is 24.8 Å². The third kappa shape index (κ3) is 1.51.